The van der Waals surface area contributed by atoms with Crippen LogP contribution in [0.25, 0.3) is 0 Å². The molecule has 50 heavy (non-hydrogen) atoms. The van der Waals surface area contributed by atoms with E-state index < -0.39 is 0 Å². The molecule has 0 N–H and O–H groups in total. The number of hydrogen-bond donors (Lipinski definition) is 0. The topological polar surface area (TPSA) is 55.9 Å². The van der Waals surface area contributed by atoms with E-state index in [2.05, 4.69) is 183 Å². The van der Waals surface area contributed by atoms with Crippen LogP contribution in [0.15, 0.2) is 142 Å². The van der Waals surface area contributed by atoms with Crippen molar-refractivity contribution >= 4 is 34.1 Å². The van der Waals surface area contributed by atoms with Crippen molar-refractivity contribution in [2.24, 2.45) is 20.5 Å². The smallest absolute Gasteiger partial charge is 0.0858 e. The van der Waals surface area contributed by atoms with Gasteiger partial charge < -0.3 is 9.80 Å². The average Bonchev–Trinajstić information content (AvgIpc) is 3.15. The Labute approximate surface area is 299 Å². The summed E-state index contributed by atoms with van der Waals surface area (Å²) in [4.78, 5) is 4.64. The highest BCUT2D eigenvalue weighted by Crippen LogP contribution is 2.37. The fourth-order valence-corrected chi connectivity index (χ4v) is 6.40. The van der Waals surface area contributed by atoms with Gasteiger partial charge in [-0.25, -0.2) is 0 Å². The predicted octanol–water partition coefficient (Wildman–Crippen LogP) is 12.9. The van der Waals surface area contributed by atoms with Crippen LogP contribution in [0.3, 0.4) is 0 Å². The molecule has 5 aromatic carbocycles. The van der Waals surface area contributed by atoms with Crippen molar-refractivity contribution < 1.29 is 0 Å². The Hall–Kier alpha value is -5.10. The van der Waals surface area contributed by atoms with Crippen LogP contribution in [0.4, 0.5) is 34.1 Å². The lowest BCUT2D eigenvalue weighted by Gasteiger charge is -2.29. The molecule has 0 atom stereocenters. The maximum Gasteiger partial charge on any atom is 0.0858 e. The van der Waals surface area contributed by atoms with Crippen molar-refractivity contribution in [3.63, 3.8) is 0 Å². The Balaban J connectivity index is 1.22. The summed E-state index contributed by atoms with van der Waals surface area (Å²) in [6.45, 7) is 21.7. The van der Waals surface area contributed by atoms with Crippen LogP contribution in [0.1, 0.15) is 77.6 Å². The van der Waals surface area contributed by atoms with Gasteiger partial charge in [-0.2, -0.15) is 20.5 Å². The Morgan fingerprint density at radius 3 is 0.760 bits per heavy atom. The molecule has 0 aromatic heterocycles. The summed E-state index contributed by atoms with van der Waals surface area (Å²) in [6.07, 6.45) is 0. The normalized spacial score (nSPS) is 12.2. The van der Waals surface area contributed by atoms with Crippen LogP contribution in [0.2, 0.25) is 0 Å². The first-order chi connectivity index (χ1) is 24.1. The molecule has 0 radical (unpaired) electrons. The Bertz CT molecular complexity index is 1700. The van der Waals surface area contributed by atoms with Crippen LogP contribution < -0.4 is 9.80 Å². The molecular weight excluding hydrogens is 613 g/mol. The average molecular weight is 665 g/mol. The number of benzene rings is 5. The van der Waals surface area contributed by atoms with E-state index >= 15 is 0 Å². The number of nitrogens with zero attached hydrogens (tertiary/aromatic N) is 6. The maximum absolute atomic E-state index is 4.50. The third-order valence-electron chi connectivity index (χ3n) is 10.0. The summed E-state index contributed by atoms with van der Waals surface area (Å²) in [5.41, 5.74) is 10.4. The first-order valence-corrected chi connectivity index (χ1v) is 17.9. The molecule has 0 fully saturated rings. The molecule has 0 saturated heterocycles. The van der Waals surface area contributed by atoms with Crippen LogP contribution in [-0.2, 0) is 10.8 Å². The molecular formula is C44H52N6. The third-order valence-corrected chi connectivity index (χ3v) is 10.0. The van der Waals surface area contributed by atoms with Gasteiger partial charge in [-0.3, -0.25) is 0 Å². The van der Waals surface area contributed by atoms with Crippen LogP contribution in [0, 0.1) is 0 Å². The molecule has 0 aliphatic heterocycles. The molecule has 0 bridgehead atoms. The van der Waals surface area contributed by atoms with Gasteiger partial charge in [-0.1, -0.05) is 76.2 Å². The second kappa shape index (κ2) is 16.1. The van der Waals surface area contributed by atoms with Crippen molar-refractivity contribution in [1.82, 2.24) is 0 Å². The van der Waals surface area contributed by atoms with Crippen molar-refractivity contribution in [3.8, 4) is 0 Å². The summed E-state index contributed by atoms with van der Waals surface area (Å²) >= 11 is 0. The molecule has 0 aliphatic rings. The van der Waals surface area contributed by atoms with Crippen LogP contribution >= 0.6 is 0 Å². The molecule has 0 amide bonds. The number of azo groups is 2. The molecule has 0 heterocycles. The van der Waals surface area contributed by atoms with E-state index in [1.807, 2.05) is 24.3 Å². The van der Waals surface area contributed by atoms with E-state index in [9.17, 15) is 0 Å². The van der Waals surface area contributed by atoms with Crippen molar-refractivity contribution in [2.45, 2.75) is 66.2 Å². The largest absolute Gasteiger partial charge is 0.372 e. The highest BCUT2D eigenvalue weighted by molar-refractivity contribution is 5.54. The van der Waals surface area contributed by atoms with Gasteiger partial charge in [0.05, 0.1) is 22.7 Å². The maximum atomic E-state index is 4.50. The SMILES string of the molecule is CCN(CC)c1ccc(N=Nc2ccc(C(C)(C)c3ccc(C(C)(C)c4ccc(N=Nc5ccc(N(CC)CC)cc5)cc4)cc3)cc2)cc1. The summed E-state index contributed by atoms with van der Waals surface area (Å²) in [5.74, 6) is 0. The summed E-state index contributed by atoms with van der Waals surface area (Å²) < 4.78 is 0. The van der Waals surface area contributed by atoms with E-state index in [1.54, 1.807) is 0 Å². The number of rotatable bonds is 14. The number of anilines is 2. The van der Waals surface area contributed by atoms with E-state index in [1.165, 1.54) is 33.6 Å². The molecule has 0 unspecified atom stereocenters. The second-order valence-electron chi connectivity index (χ2n) is 13.7. The summed E-state index contributed by atoms with van der Waals surface area (Å²) in [7, 11) is 0. The predicted molar refractivity (Wildman–Crippen MR) is 212 cm³/mol. The first kappa shape index (κ1) is 36.2. The van der Waals surface area contributed by atoms with Crippen molar-refractivity contribution in [3.05, 3.63) is 144 Å². The molecule has 6 heteroatoms. The van der Waals surface area contributed by atoms with Gasteiger partial charge >= 0.3 is 0 Å². The summed E-state index contributed by atoms with van der Waals surface area (Å²) in [6, 6.07) is 42.4. The van der Waals surface area contributed by atoms with Gasteiger partial charge in [0.25, 0.3) is 0 Å². The monoisotopic (exact) mass is 664 g/mol. The van der Waals surface area contributed by atoms with Gasteiger partial charge in [0.15, 0.2) is 0 Å². The lowest BCUT2D eigenvalue weighted by atomic mass is 9.74. The van der Waals surface area contributed by atoms with Gasteiger partial charge in [0, 0.05) is 48.4 Å². The minimum atomic E-state index is -0.170. The molecule has 0 saturated carbocycles. The molecule has 5 aromatic rings. The van der Waals surface area contributed by atoms with Crippen LogP contribution in [0.5, 0.6) is 0 Å². The zero-order valence-corrected chi connectivity index (χ0v) is 31.1. The van der Waals surface area contributed by atoms with Crippen LogP contribution in [-0.4, -0.2) is 26.2 Å². The first-order valence-electron chi connectivity index (χ1n) is 17.9. The standard InChI is InChI=1S/C44H52N6/c1-9-49(10-2)41-29-25-39(26-30-41)47-45-37-21-17-35(18-22-37)43(5,6)33-13-15-34(16-14-33)44(7,8)36-19-23-38(24-20-36)46-48-40-27-31-42(32-28-40)50(11-3)12-4/h13-32H,9-12H2,1-8H3. The Morgan fingerprint density at radius 2 is 0.540 bits per heavy atom. The van der Waals surface area contributed by atoms with Gasteiger partial charge in [0.1, 0.15) is 0 Å². The van der Waals surface area contributed by atoms with Gasteiger partial charge in [0.2, 0.25) is 0 Å². The molecule has 258 valence electrons. The summed E-state index contributed by atoms with van der Waals surface area (Å²) in [5, 5.41) is 17.9. The molecule has 0 spiro atoms. The Kier molecular flexibility index (Phi) is 11.6. The second-order valence-corrected chi connectivity index (χ2v) is 13.7. The third kappa shape index (κ3) is 8.36. The highest BCUT2D eigenvalue weighted by Gasteiger charge is 2.26. The van der Waals surface area contributed by atoms with E-state index in [-0.39, 0.29) is 10.8 Å². The lowest BCUT2D eigenvalue weighted by molar-refractivity contribution is 0.626. The highest BCUT2D eigenvalue weighted by atomic mass is 15.1. The fraction of sp³-hybridized carbons (Fsp3) is 0.318. The Morgan fingerprint density at radius 1 is 0.340 bits per heavy atom. The fourth-order valence-electron chi connectivity index (χ4n) is 6.40. The van der Waals surface area contributed by atoms with E-state index in [0.717, 1.165) is 48.9 Å². The molecule has 6 nitrogen and oxygen atoms in total. The van der Waals surface area contributed by atoms with Gasteiger partial charge in [-0.15, -0.1) is 0 Å². The zero-order valence-electron chi connectivity index (χ0n) is 31.1. The van der Waals surface area contributed by atoms with E-state index in [0.29, 0.717) is 0 Å². The molecule has 5 rings (SSSR count). The number of hydrogen-bond acceptors (Lipinski definition) is 6. The molecule has 0 aliphatic carbocycles. The van der Waals surface area contributed by atoms with Crippen molar-refractivity contribution in [1.29, 1.82) is 0 Å². The van der Waals surface area contributed by atoms with Crippen molar-refractivity contribution in [2.75, 3.05) is 36.0 Å². The van der Waals surface area contributed by atoms with Gasteiger partial charge in [-0.05, 0) is 123 Å². The minimum Gasteiger partial charge on any atom is -0.372 e. The minimum absolute atomic E-state index is 0.170. The lowest BCUT2D eigenvalue weighted by Crippen LogP contribution is -2.21. The quantitative estimate of drug-likeness (QED) is 0.111. The zero-order chi connectivity index (χ0) is 35.7. The van der Waals surface area contributed by atoms with E-state index in [4.69, 9.17) is 0 Å².